The first-order valence-electron chi connectivity index (χ1n) is 3.28. The molecular weight excluding hydrogens is 179 g/mol. The number of hydrogen-bond donors (Lipinski definition) is 0. The molecular formula is C8H8FO2S. The Hall–Kier alpha value is -0.900. The van der Waals surface area contributed by atoms with Crippen LogP contribution in [0.25, 0.3) is 0 Å². The van der Waals surface area contributed by atoms with Crippen LogP contribution in [0.1, 0.15) is 5.56 Å². The minimum atomic E-state index is -3.26. The highest BCUT2D eigenvalue weighted by Gasteiger charge is 2.08. The molecule has 0 saturated carbocycles. The summed E-state index contributed by atoms with van der Waals surface area (Å²) in [6.07, 6.45) is 1.03. The van der Waals surface area contributed by atoms with Crippen LogP contribution in [0.3, 0.4) is 0 Å². The van der Waals surface area contributed by atoms with E-state index in [0.717, 1.165) is 12.0 Å². The van der Waals surface area contributed by atoms with Gasteiger partial charge in [-0.25, -0.2) is 12.8 Å². The van der Waals surface area contributed by atoms with Crippen molar-refractivity contribution in [2.75, 3.05) is 6.26 Å². The topological polar surface area (TPSA) is 34.1 Å². The fraction of sp³-hybridized carbons (Fsp3) is 0.125. The maximum atomic E-state index is 12.8. The van der Waals surface area contributed by atoms with Crippen molar-refractivity contribution in [2.24, 2.45) is 0 Å². The van der Waals surface area contributed by atoms with Gasteiger partial charge >= 0.3 is 0 Å². The molecule has 0 aliphatic heterocycles. The molecule has 1 radical (unpaired) electrons. The molecule has 12 heavy (non-hydrogen) atoms. The Morgan fingerprint density at radius 1 is 1.33 bits per heavy atom. The first-order valence-corrected chi connectivity index (χ1v) is 5.24. The Morgan fingerprint density at radius 2 is 1.92 bits per heavy atom. The molecule has 0 bridgehead atoms. The van der Waals surface area contributed by atoms with Gasteiger partial charge < -0.3 is 0 Å². The third kappa shape index (κ3) is 2.62. The van der Waals surface area contributed by atoms with Crippen LogP contribution in [-0.4, -0.2) is 14.7 Å². The van der Waals surface area contributed by atoms with Crippen LogP contribution in [0.2, 0.25) is 0 Å². The van der Waals surface area contributed by atoms with Crippen molar-refractivity contribution in [2.45, 2.75) is 0 Å². The normalized spacial score (nSPS) is 11.5. The zero-order chi connectivity index (χ0) is 9.19. The third-order valence-corrected chi connectivity index (χ3v) is 1.93. The van der Waals surface area contributed by atoms with E-state index < -0.39 is 15.7 Å². The van der Waals surface area contributed by atoms with E-state index in [-0.39, 0.29) is 5.56 Å². The Bertz CT molecular complexity index is 370. The second-order valence-corrected chi connectivity index (χ2v) is 4.36. The molecule has 0 fully saturated rings. The smallest absolute Gasteiger partial charge is 0.156 e. The van der Waals surface area contributed by atoms with Crippen LogP contribution in [0.5, 0.6) is 0 Å². The molecule has 0 aliphatic rings. The second kappa shape index (κ2) is 3.23. The third-order valence-electron chi connectivity index (χ3n) is 1.25. The highest BCUT2D eigenvalue weighted by atomic mass is 32.2. The Morgan fingerprint density at radius 3 is 2.42 bits per heavy atom. The average molecular weight is 187 g/mol. The molecule has 1 aromatic carbocycles. The van der Waals surface area contributed by atoms with Crippen LogP contribution in [-0.2, 0) is 9.84 Å². The Balaban J connectivity index is 2.98. The summed E-state index contributed by atoms with van der Waals surface area (Å²) < 4.78 is 34.3. The van der Waals surface area contributed by atoms with Crippen molar-refractivity contribution in [3.8, 4) is 0 Å². The summed E-state index contributed by atoms with van der Waals surface area (Å²) in [5, 5.41) is 0. The standard InChI is InChI=1S/C8H8FO2S/c1-12(10,11)6-7-4-2-3-5-8(7)9/h2-6H,1H3. The van der Waals surface area contributed by atoms with Crippen molar-refractivity contribution in [3.05, 3.63) is 41.4 Å². The largest absolute Gasteiger partial charge is 0.228 e. The average Bonchev–Trinajstić information content (AvgIpc) is 1.91. The van der Waals surface area contributed by atoms with Gasteiger partial charge in [0.2, 0.25) is 0 Å². The zero-order valence-corrected chi connectivity index (χ0v) is 7.31. The lowest BCUT2D eigenvalue weighted by Crippen LogP contribution is -1.99. The lowest BCUT2D eigenvalue weighted by Gasteiger charge is -1.98. The summed E-state index contributed by atoms with van der Waals surface area (Å²) in [6.45, 7) is 0. The van der Waals surface area contributed by atoms with Gasteiger partial charge in [0.05, 0.1) is 0 Å². The SMILES string of the molecule is CS(=O)(=O)[CH]c1ccccc1F. The van der Waals surface area contributed by atoms with Crippen LogP contribution in [0, 0.1) is 11.6 Å². The Labute approximate surface area is 71.0 Å². The minimum absolute atomic E-state index is 0.0972. The monoisotopic (exact) mass is 187 g/mol. The molecule has 1 aromatic rings. The van der Waals surface area contributed by atoms with Gasteiger partial charge in [-0.15, -0.1) is 0 Å². The summed E-state index contributed by atoms with van der Waals surface area (Å²) in [7, 11) is -3.26. The van der Waals surface area contributed by atoms with E-state index in [0.29, 0.717) is 0 Å². The highest BCUT2D eigenvalue weighted by molar-refractivity contribution is 7.92. The van der Waals surface area contributed by atoms with Crippen LogP contribution in [0.15, 0.2) is 24.3 Å². The lowest BCUT2D eigenvalue weighted by molar-refractivity contribution is 0.602. The fourth-order valence-electron chi connectivity index (χ4n) is 0.801. The summed E-state index contributed by atoms with van der Waals surface area (Å²) in [5.41, 5.74) is 0.0972. The minimum Gasteiger partial charge on any atom is -0.228 e. The number of rotatable bonds is 2. The van der Waals surface area contributed by atoms with Crippen molar-refractivity contribution in [1.29, 1.82) is 0 Å². The molecule has 0 saturated heterocycles. The first kappa shape index (κ1) is 9.19. The molecule has 4 heteroatoms. The molecule has 0 N–H and O–H groups in total. The molecule has 0 heterocycles. The molecule has 1 rings (SSSR count). The van der Waals surface area contributed by atoms with Gasteiger partial charge in [-0.05, 0) is 6.07 Å². The summed E-state index contributed by atoms with van der Waals surface area (Å²) in [6, 6.07) is 5.72. The molecule has 65 valence electrons. The van der Waals surface area contributed by atoms with Gasteiger partial charge in [0.15, 0.2) is 9.84 Å². The molecule has 2 nitrogen and oxygen atoms in total. The molecule has 0 spiro atoms. The fourth-order valence-corrected chi connectivity index (χ4v) is 1.45. The number of sulfone groups is 1. The van der Waals surface area contributed by atoms with Gasteiger partial charge in [-0.3, -0.25) is 0 Å². The van der Waals surface area contributed by atoms with Gasteiger partial charge in [-0.1, -0.05) is 18.2 Å². The maximum Gasteiger partial charge on any atom is 0.156 e. The van der Waals surface area contributed by atoms with E-state index in [2.05, 4.69) is 0 Å². The van der Waals surface area contributed by atoms with Crippen molar-refractivity contribution in [1.82, 2.24) is 0 Å². The number of halogens is 1. The molecule has 0 aliphatic carbocycles. The summed E-state index contributed by atoms with van der Waals surface area (Å²) >= 11 is 0. The maximum absolute atomic E-state index is 12.8. The van der Waals surface area contributed by atoms with E-state index in [9.17, 15) is 12.8 Å². The molecule has 0 amide bonds. The van der Waals surface area contributed by atoms with Crippen LogP contribution < -0.4 is 0 Å². The number of hydrogen-bond acceptors (Lipinski definition) is 2. The highest BCUT2D eigenvalue weighted by Crippen LogP contribution is 2.11. The van der Waals surface area contributed by atoms with Crippen molar-refractivity contribution in [3.63, 3.8) is 0 Å². The van der Waals surface area contributed by atoms with E-state index in [1.165, 1.54) is 18.2 Å². The van der Waals surface area contributed by atoms with Gasteiger partial charge in [0.25, 0.3) is 0 Å². The van der Waals surface area contributed by atoms with Gasteiger partial charge in [-0.2, -0.15) is 0 Å². The van der Waals surface area contributed by atoms with E-state index >= 15 is 0 Å². The second-order valence-electron chi connectivity index (χ2n) is 2.47. The van der Waals surface area contributed by atoms with E-state index in [1.807, 2.05) is 0 Å². The predicted octanol–water partition coefficient (Wildman–Crippen LogP) is 1.38. The molecule has 0 unspecified atom stereocenters. The van der Waals surface area contributed by atoms with Crippen molar-refractivity contribution < 1.29 is 12.8 Å². The predicted molar refractivity (Wildman–Crippen MR) is 44.6 cm³/mol. The molecule has 0 atom stereocenters. The van der Waals surface area contributed by atoms with Crippen molar-refractivity contribution >= 4 is 9.84 Å². The van der Waals surface area contributed by atoms with E-state index in [1.54, 1.807) is 6.07 Å². The zero-order valence-electron chi connectivity index (χ0n) is 6.49. The van der Waals surface area contributed by atoms with Crippen LogP contribution in [0.4, 0.5) is 4.39 Å². The molecule has 0 aromatic heterocycles. The summed E-state index contributed by atoms with van der Waals surface area (Å²) in [4.78, 5) is 0. The quantitative estimate of drug-likeness (QED) is 0.701. The van der Waals surface area contributed by atoms with E-state index in [4.69, 9.17) is 0 Å². The number of benzene rings is 1. The first-order chi connectivity index (χ1) is 5.49. The van der Waals surface area contributed by atoms with Gasteiger partial charge in [0.1, 0.15) is 11.6 Å². The lowest BCUT2D eigenvalue weighted by atomic mass is 10.2. The van der Waals surface area contributed by atoms with Gasteiger partial charge in [0, 0.05) is 11.8 Å². The van der Waals surface area contributed by atoms with Crippen LogP contribution >= 0.6 is 0 Å². The Kier molecular flexibility index (Phi) is 2.47. The summed E-state index contributed by atoms with van der Waals surface area (Å²) in [5.74, 6) is 0.380.